The number of halogens is 2. The lowest BCUT2D eigenvalue weighted by atomic mass is 10.0. The monoisotopic (exact) mass is 398 g/mol. The van der Waals surface area contributed by atoms with E-state index in [1.54, 1.807) is 37.4 Å². The average Bonchev–Trinajstić information content (AvgIpc) is 2.62. The van der Waals surface area contributed by atoms with Crippen molar-refractivity contribution < 1.29 is 14.3 Å². The summed E-state index contributed by atoms with van der Waals surface area (Å²) in [6, 6.07) is 12.7. The molecular weight excluding hydrogens is 375 g/mol. The summed E-state index contributed by atoms with van der Waals surface area (Å²) in [6.45, 7) is 1.91. The summed E-state index contributed by atoms with van der Waals surface area (Å²) in [5, 5.41) is 3.19. The highest BCUT2D eigenvalue weighted by Gasteiger charge is 2.11. The molecule has 1 unspecified atom stereocenters. The first-order valence-corrected chi connectivity index (χ1v) is 8.51. The van der Waals surface area contributed by atoms with E-state index in [9.17, 15) is 4.79 Å². The number of hydrogen-bond acceptors (Lipinski definition) is 4. The van der Waals surface area contributed by atoms with Gasteiger partial charge < -0.3 is 20.5 Å². The molecule has 1 amide bonds. The van der Waals surface area contributed by atoms with E-state index < -0.39 is 0 Å². The van der Waals surface area contributed by atoms with E-state index in [4.69, 9.17) is 26.8 Å². The van der Waals surface area contributed by atoms with Crippen molar-refractivity contribution in [2.24, 2.45) is 5.73 Å². The van der Waals surface area contributed by atoms with Crippen molar-refractivity contribution in [3.63, 3.8) is 0 Å². The molecule has 0 radical (unpaired) electrons. The quantitative estimate of drug-likeness (QED) is 0.702. The molecule has 2 aromatic carbocycles. The maximum absolute atomic E-state index is 12.0. The number of nitrogens with two attached hydrogens (primary N) is 1. The number of methoxy groups -OCH3 is 1. The molecule has 1 atom stereocenters. The molecule has 2 aromatic rings. The zero-order valence-corrected chi connectivity index (χ0v) is 16.4. The Morgan fingerprint density at radius 1 is 1.23 bits per heavy atom. The van der Waals surface area contributed by atoms with Crippen LogP contribution < -0.4 is 20.5 Å². The molecule has 0 saturated heterocycles. The Bertz CT molecular complexity index is 726. The number of hydrogen-bond donors (Lipinski definition) is 2. The van der Waals surface area contributed by atoms with Crippen molar-refractivity contribution in [1.29, 1.82) is 0 Å². The van der Waals surface area contributed by atoms with E-state index >= 15 is 0 Å². The SMILES string of the molecule is CCC(N)Cc1ccc(OCC(=O)Nc2ccccc2Cl)c(OC)c1.Cl. The van der Waals surface area contributed by atoms with Gasteiger partial charge in [0.15, 0.2) is 18.1 Å². The molecule has 0 aliphatic heterocycles. The molecule has 0 aromatic heterocycles. The minimum absolute atomic E-state index is 0. The third-order valence-electron chi connectivity index (χ3n) is 3.76. The van der Waals surface area contributed by atoms with Crippen LogP contribution >= 0.6 is 24.0 Å². The minimum Gasteiger partial charge on any atom is -0.493 e. The predicted molar refractivity (Wildman–Crippen MR) is 108 cm³/mol. The molecule has 0 heterocycles. The van der Waals surface area contributed by atoms with Crippen LogP contribution in [0.1, 0.15) is 18.9 Å². The number of para-hydroxylation sites is 1. The molecule has 142 valence electrons. The van der Waals surface area contributed by atoms with Crippen molar-refractivity contribution in [2.45, 2.75) is 25.8 Å². The Morgan fingerprint density at radius 3 is 2.62 bits per heavy atom. The number of nitrogens with one attached hydrogen (secondary N) is 1. The summed E-state index contributed by atoms with van der Waals surface area (Å²) in [6.07, 6.45) is 1.67. The van der Waals surface area contributed by atoms with Gasteiger partial charge in [-0.25, -0.2) is 0 Å². The number of carbonyl (C=O) groups excluding carboxylic acids is 1. The molecule has 7 heteroatoms. The van der Waals surface area contributed by atoms with Gasteiger partial charge in [-0.1, -0.05) is 36.7 Å². The number of amides is 1. The van der Waals surface area contributed by atoms with Gasteiger partial charge in [-0.15, -0.1) is 12.4 Å². The second-order valence-electron chi connectivity index (χ2n) is 5.67. The fourth-order valence-corrected chi connectivity index (χ4v) is 2.48. The summed E-state index contributed by atoms with van der Waals surface area (Å²) >= 11 is 6.02. The second kappa shape index (κ2) is 10.9. The van der Waals surface area contributed by atoms with Crippen LogP contribution in [-0.4, -0.2) is 25.7 Å². The standard InChI is InChI=1S/C19H23ClN2O3.ClH/c1-3-14(21)10-13-8-9-17(18(11-13)24-2)25-12-19(23)22-16-7-5-4-6-15(16)20;/h4-9,11,14H,3,10,12,21H2,1-2H3,(H,22,23);1H. The Labute approximate surface area is 165 Å². The van der Waals surface area contributed by atoms with Crippen LogP contribution in [0.4, 0.5) is 5.69 Å². The van der Waals surface area contributed by atoms with E-state index in [1.165, 1.54) is 0 Å². The predicted octanol–water partition coefficient (Wildman–Crippen LogP) is 4.07. The van der Waals surface area contributed by atoms with E-state index in [2.05, 4.69) is 12.2 Å². The smallest absolute Gasteiger partial charge is 0.262 e. The van der Waals surface area contributed by atoms with Gasteiger partial charge in [0.05, 0.1) is 17.8 Å². The molecule has 0 saturated carbocycles. The Hall–Kier alpha value is -1.95. The first-order chi connectivity index (χ1) is 12.0. The minimum atomic E-state index is -0.299. The molecule has 26 heavy (non-hydrogen) atoms. The number of carbonyl (C=O) groups is 1. The Kier molecular flexibility index (Phi) is 9.27. The first kappa shape index (κ1) is 22.1. The van der Waals surface area contributed by atoms with E-state index in [0.717, 1.165) is 18.4 Å². The third kappa shape index (κ3) is 6.41. The van der Waals surface area contributed by atoms with E-state index in [1.807, 2.05) is 12.1 Å². The number of rotatable bonds is 8. The van der Waals surface area contributed by atoms with Crippen molar-refractivity contribution >= 4 is 35.6 Å². The molecule has 0 bridgehead atoms. The van der Waals surface area contributed by atoms with Gasteiger partial charge in [-0.05, 0) is 42.7 Å². The topological polar surface area (TPSA) is 73.6 Å². The van der Waals surface area contributed by atoms with Crippen molar-refractivity contribution in [1.82, 2.24) is 0 Å². The van der Waals surface area contributed by atoms with Crippen LogP contribution in [0, 0.1) is 0 Å². The van der Waals surface area contributed by atoms with Gasteiger partial charge in [0.2, 0.25) is 0 Å². The molecule has 0 aliphatic carbocycles. The summed E-state index contributed by atoms with van der Waals surface area (Å²) in [4.78, 5) is 12.0. The van der Waals surface area contributed by atoms with Crippen LogP contribution in [0.2, 0.25) is 5.02 Å². The van der Waals surface area contributed by atoms with E-state index in [-0.39, 0.29) is 31.0 Å². The molecule has 5 nitrogen and oxygen atoms in total. The van der Waals surface area contributed by atoms with Crippen LogP contribution in [0.25, 0.3) is 0 Å². The lowest BCUT2D eigenvalue weighted by molar-refractivity contribution is -0.118. The highest BCUT2D eigenvalue weighted by molar-refractivity contribution is 6.33. The van der Waals surface area contributed by atoms with Gasteiger partial charge in [0, 0.05) is 6.04 Å². The highest BCUT2D eigenvalue weighted by atomic mass is 35.5. The lowest BCUT2D eigenvalue weighted by Crippen LogP contribution is -2.21. The summed E-state index contributed by atoms with van der Waals surface area (Å²) in [5.74, 6) is 0.782. The van der Waals surface area contributed by atoms with Crippen LogP contribution in [-0.2, 0) is 11.2 Å². The molecular formula is C19H24Cl2N2O3. The highest BCUT2D eigenvalue weighted by Crippen LogP contribution is 2.28. The largest absolute Gasteiger partial charge is 0.493 e. The lowest BCUT2D eigenvalue weighted by Gasteiger charge is -2.14. The fraction of sp³-hybridized carbons (Fsp3) is 0.316. The van der Waals surface area contributed by atoms with Crippen molar-refractivity contribution in [2.75, 3.05) is 19.0 Å². The molecule has 0 spiro atoms. The van der Waals surface area contributed by atoms with Gasteiger partial charge in [0.25, 0.3) is 5.91 Å². The van der Waals surface area contributed by atoms with Gasteiger partial charge >= 0.3 is 0 Å². The van der Waals surface area contributed by atoms with Crippen LogP contribution in [0.5, 0.6) is 11.5 Å². The molecule has 0 fully saturated rings. The number of benzene rings is 2. The van der Waals surface area contributed by atoms with Gasteiger partial charge in [-0.3, -0.25) is 4.79 Å². The first-order valence-electron chi connectivity index (χ1n) is 8.13. The third-order valence-corrected chi connectivity index (χ3v) is 4.09. The summed E-state index contributed by atoms with van der Waals surface area (Å²) in [5.41, 5.74) is 7.60. The maximum Gasteiger partial charge on any atom is 0.262 e. The Balaban J connectivity index is 0.00000338. The summed E-state index contributed by atoms with van der Waals surface area (Å²) in [7, 11) is 1.57. The number of ether oxygens (including phenoxy) is 2. The molecule has 0 aliphatic rings. The maximum atomic E-state index is 12.0. The van der Waals surface area contributed by atoms with Crippen molar-refractivity contribution in [3.05, 3.63) is 53.1 Å². The number of anilines is 1. The van der Waals surface area contributed by atoms with Gasteiger partial charge in [-0.2, -0.15) is 0 Å². The fourth-order valence-electron chi connectivity index (χ4n) is 2.30. The zero-order valence-electron chi connectivity index (χ0n) is 14.8. The molecule has 2 rings (SSSR count). The van der Waals surface area contributed by atoms with Crippen molar-refractivity contribution in [3.8, 4) is 11.5 Å². The van der Waals surface area contributed by atoms with E-state index in [0.29, 0.717) is 22.2 Å². The van der Waals surface area contributed by atoms with Crippen LogP contribution in [0.3, 0.4) is 0 Å². The molecule has 3 N–H and O–H groups in total. The normalized spacial score (nSPS) is 11.2. The zero-order chi connectivity index (χ0) is 18.2. The Morgan fingerprint density at radius 2 is 1.96 bits per heavy atom. The average molecular weight is 399 g/mol. The van der Waals surface area contributed by atoms with Crippen LogP contribution in [0.15, 0.2) is 42.5 Å². The summed E-state index contributed by atoms with van der Waals surface area (Å²) < 4.78 is 10.9. The second-order valence-corrected chi connectivity index (χ2v) is 6.08. The van der Waals surface area contributed by atoms with Gasteiger partial charge in [0.1, 0.15) is 0 Å².